The minimum atomic E-state index is -1.08. The summed E-state index contributed by atoms with van der Waals surface area (Å²) in [4.78, 5) is 80.2. The molecule has 2 amide bonds. The number of hydrogen-bond acceptors (Lipinski definition) is 26. The minimum Gasteiger partial charge on any atom is -0.491 e. The Morgan fingerprint density at radius 3 is 0.859 bits per heavy atom. The summed E-state index contributed by atoms with van der Waals surface area (Å²) in [5.41, 5.74) is 7.66. The monoisotopic (exact) mass is 1760 g/mol. The van der Waals surface area contributed by atoms with Crippen molar-refractivity contribution in [3.63, 3.8) is 0 Å². The molecule has 10 atom stereocenters. The van der Waals surface area contributed by atoms with Gasteiger partial charge < -0.3 is 106 Å². The summed E-state index contributed by atoms with van der Waals surface area (Å²) in [6, 6.07) is 61.4. The summed E-state index contributed by atoms with van der Waals surface area (Å²) in [5, 5.41) is 27.2. The van der Waals surface area contributed by atoms with Gasteiger partial charge in [-0.05, 0) is 223 Å². The second-order valence-electron chi connectivity index (χ2n) is 34.4. The quantitative estimate of drug-likeness (QED) is 0.0119. The first-order chi connectivity index (χ1) is 62.1. The third-order valence-corrected chi connectivity index (χ3v) is 21.9. The Morgan fingerprint density at radius 1 is 0.336 bits per heavy atom. The first-order valence-corrected chi connectivity index (χ1v) is 44.2. The van der Waals surface area contributed by atoms with Crippen LogP contribution in [0.25, 0.3) is 0 Å². The van der Waals surface area contributed by atoms with Gasteiger partial charge in [0.25, 0.3) is 0 Å². The van der Waals surface area contributed by atoms with Gasteiger partial charge in [0.15, 0.2) is 12.2 Å². The van der Waals surface area contributed by atoms with Gasteiger partial charge in [-0.25, -0.2) is 9.59 Å². The van der Waals surface area contributed by atoms with Gasteiger partial charge in [0, 0.05) is 38.3 Å². The van der Waals surface area contributed by atoms with Gasteiger partial charge in [0.05, 0.1) is 26.4 Å². The molecule has 5 aliphatic rings. The molecule has 0 radical (unpaired) electrons. The zero-order valence-electron chi connectivity index (χ0n) is 73.0. The standard InChI is InChI=1S/C100H118N2O26/c1-99(2)48-76(102-98(110)128-92(63-118-86-42-26-75(27-43-86)47-73-22-38-84(39-23-73)116-57-90-61-122-90)65-126-96(108)11-7-5-9-94(106)124-53-78(104)51-112-80-30-14-69(15-31-80)45-71-18-34-82(35-19-71)114-55-88-59-120-88)49-100(3,66-99)67-101-97(109)127-91(62-117-85-40-24-74(25-41-85)46-72-20-36-83(37-21-72)115-56-89-60-121-89)64-125-95(107)10-6-4-8-93(105)123-52-77(103)50-111-79-28-12-68(13-29-79)44-70-16-32-81(33-17-70)113-54-87-58-119-87/h12-43,76-78,87-92,103-104H,4-11,44-67H2,1-3H3,(H,101,109)(H,102,110). The molecule has 0 aromatic heterocycles. The lowest BCUT2D eigenvalue weighted by atomic mass is 9.62. The normalized spacial score (nSPS) is 18.9. The molecule has 4 saturated heterocycles. The summed E-state index contributed by atoms with van der Waals surface area (Å²) in [7, 11) is 0. The Bertz CT molecular complexity index is 4750. The number of epoxide rings is 4. The molecule has 4 heterocycles. The molecule has 1 saturated carbocycles. The van der Waals surface area contributed by atoms with E-state index in [2.05, 4.69) is 24.5 Å². The van der Waals surface area contributed by atoms with E-state index >= 15 is 0 Å². The fourth-order valence-corrected chi connectivity index (χ4v) is 14.9. The lowest BCUT2D eigenvalue weighted by Gasteiger charge is -2.46. The second kappa shape index (κ2) is 47.9. The van der Waals surface area contributed by atoms with Crippen LogP contribution in [-0.4, -0.2) is 213 Å². The Morgan fingerprint density at radius 2 is 0.586 bits per heavy atom. The molecule has 0 spiro atoms. The molecule has 1 aliphatic carbocycles. The number of aliphatic hydroxyl groups excluding tert-OH is 2. The first-order valence-electron chi connectivity index (χ1n) is 44.2. The summed E-state index contributed by atoms with van der Waals surface area (Å²) < 4.78 is 102. The maximum absolute atomic E-state index is 14.1. The van der Waals surface area contributed by atoms with E-state index in [1.807, 2.05) is 201 Å². The SMILES string of the molecule is CC1(C)CC(NC(=O)OC(COC(=O)CCCCC(=O)OCC(O)COc2ccc(Cc3ccc(OCC4CO4)cc3)cc2)COc2ccc(Cc3ccc(OCC4CO4)cc3)cc2)CC(C)(CNC(=O)OC(COC(=O)CCCCC(=O)OCC(O)COc2ccc(Cc3ccc(OCC4CO4)cc3)cc2)COc2ccc(Cc3ccc(OCC4CO4)cc3)cc2)C1. The number of nitrogens with one attached hydrogen (secondary N) is 2. The highest BCUT2D eigenvalue weighted by Crippen LogP contribution is 2.46. The van der Waals surface area contributed by atoms with Crippen molar-refractivity contribution in [1.82, 2.24) is 10.6 Å². The summed E-state index contributed by atoms with van der Waals surface area (Å²) >= 11 is 0. The van der Waals surface area contributed by atoms with E-state index in [0.29, 0.717) is 120 Å². The van der Waals surface area contributed by atoms with Crippen molar-refractivity contribution in [2.75, 3.05) is 112 Å². The van der Waals surface area contributed by atoms with E-state index in [1.165, 1.54) is 0 Å². The Labute approximate surface area is 746 Å². The molecule has 28 nitrogen and oxygen atoms in total. The van der Waals surface area contributed by atoms with Crippen molar-refractivity contribution in [2.45, 2.75) is 172 Å². The number of aliphatic hydroxyl groups is 2. The smallest absolute Gasteiger partial charge is 0.407 e. The molecule has 4 N–H and O–H groups in total. The molecular weight excluding hydrogens is 1650 g/mol. The van der Waals surface area contributed by atoms with Crippen LogP contribution < -0.4 is 48.5 Å². The number of carbonyl (C=O) groups is 6. The molecule has 13 rings (SSSR count). The van der Waals surface area contributed by atoms with Gasteiger partial charge >= 0.3 is 36.1 Å². The highest BCUT2D eigenvalue weighted by Gasteiger charge is 2.43. The molecule has 8 aromatic rings. The van der Waals surface area contributed by atoms with E-state index in [9.17, 15) is 39.0 Å². The predicted molar refractivity (Wildman–Crippen MR) is 470 cm³/mol. The zero-order valence-corrected chi connectivity index (χ0v) is 73.0. The molecule has 28 heteroatoms. The van der Waals surface area contributed by atoms with Gasteiger partial charge in [0.1, 0.15) is 162 Å². The molecular formula is C100H118N2O26. The number of ether oxygens (including phenoxy) is 18. The fraction of sp³-hybridized carbons (Fsp3) is 0.460. The molecule has 128 heavy (non-hydrogen) atoms. The number of amides is 2. The lowest BCUT2D eigenvalue weighted by Crippen LogP contribution is -2.51. The summed E-state index contributed by atoms with van der Waals surface area (Å²) in [6.07, 6.45) is 0.198. The van der Waals surface area contributed by atoms with E-state index in [4.69, 9.17) is 85.3 Å². The highest BCUT2D eigenvalue weighted by atomic mass is 16.6. The van der Waals surface area contributed by atoms with E-state index in [1.54, 1.807) is 0 Å². The number of esters is 4. The number of unbranched alkanes of at least 4 members (excludes halogenated alkanes) is 2. The molecule has 10 unspecified atom stereocenters. The fourth-order valence-electron chi connectivity index (χ4n) is 14.9. The van der Waals surface area contributed by atoms with Crippen LogP contribution in [0.15, 0.2) is 194 Å². The van der Waals surface area contributed by atoms with Crippen LogP contribution in [-0.2, 0) is 92.2 Å². The Balaban J connectivity index is 0.550. The lowest BCUT2D eigenvalue weighted by molar-refractivity contribution is -0.149. The van der Waals surface area contributed by atoms with Crippen LogP contribution in [0, 0.1) is 10.8 Å². The number of alkyl carbamates (subject to hydrolysis) is 2. The van der Waals surface area contributed by atoms with Crippen molar-refractivity contribution in [3.05, 3.63) is 239 Å². The zero-order chi connectivity index (χ0) is 89.3. The third kappa shape index (κ3) is 35.2. The van der Waals surface area contributed by atoms with Crippen LogP contribution in [0.4, 0.5) is 9.59 Å². The second-order valence-corrected chi connectivity index (χ2v) is 34.4. The van der Waals surface area contributed by atoms with Crippen molar-refractivity contribution < 1.29 is 124 Å². The largest absolute Gasteiger partial charge is 0.491 e. The van der Waals surface area contributed by atoms with Gasteiger partial charge in [-0.15, -0.1) is 0 Å². The maximum atomic E-state index is 14.1. The number of carbonyl (C=O) groups excluding carboxylic acids is 6. The van der Waals surface area contributed by atoms with Gasteiger partial charge in [-0.2, -0.15) is 0 Å². The third-order valence-electron chi connectivity index (χ3n) is 21.9. The predicted octanol–water partition coefficient (Wildman–Crippen LogP) is 13.6. The summed E-state index contributed by atoms with van der Waals surface area (Å²) in [6.45, 7) is 9.53. The Kier molecular flexibility index (Phi) is 35.2. The topological polar surface area (TPSA) is 346 Å². The molecule has 8 aromatic carbocycles. The van der Waals surface area contributed by atoms with Crippen molar-refractivity contribution in [2.24, 2.45) is 10.8 Å². The molecule has 684 valence electrons. The van der Waals surface area contributed by atoms with Crippen LogP contribution in [0.5, 0.6) is 46.0 Å². The average Bonchev–Trinajstić information content (AvgIpc) is 1.73. The van der Waals surface area contributed by atoms with Crippen molar-refractivity contribution in [3.8, 4) is 46.0 Å². The minimum absolute atomic E-state index is 0.00923. The van der Waals surface area contributed by atoms with Gasteiger partial charge in [-0.1, -0.05) is 118 Å². The first kappa shape index (κ1) is 94.0. The van der Waals surface area contributed by atoms with Crippen molar-refractivity contribution in [1.29, 1.82) is 0 Å². The van der Waals surface area contributed by atoms with Gasteiger partial charge in [0.2, 0.25) is 0 Å². The number of benzene rings is 8. The van der Waals surface area contributed by atoms with Gasteiger partial charge in [-0.3, -0.25) is 19.2 Å². The van der Waals surface area contributed by atoms with E-state index in [-0.39, 0.29) is 128 Å². The molecule has 4 aliphatic heterocycles. The molecule has 5 fully saturated rings. The Hall–Kier alpha value is -11.7. The average molecular weight is 1760 g/mol. The summed E-state index contributed by atoms with van der Waals surface area (Å²) in [5.74, 6) is 2.95. The van der Waals surface area contributed by atoms with E-state index < -0.39 is 71.9 Å². The van der Waals surface area contributed by atoms with Crippen LogP contribution in [0.2, 0.25) is 0 Å². The van der Waals surface area contributed by atoms with Crippen molar-refractivity contribution >= 4 is 36.1 Å². The van der Waals surface area contributed by atoms with Crippen LogP contribution in [0.1, 0.15) is 136 Å². The number of hydrogen-bond donors (Lipinski definition) is 4. The van der Waals surface area contributed by atoms with Crippen LogP contribution >= 0.6 is 0 Å². The molecule has 0 bridgehead atoms. The highest BCUT2D eigenvalue weighted by molar-refractivity contribution is 5.72. The maximum Gasteiger partial charge on any atom is 0.407 e. The van der Waals surface area contributed by atoms with Crippen LogP contribution in [0.3, 0.4) is 0 Å². The van der Waals surface area contributed by atoms with E-state index in [0.717, 1.165) is 80.7 Å². The number of rotatable bonds is 55.